The number of fused-ring (bicyclic) bond motifs is 1. The monoisotopic (exact) mass is 265 g/mol. The van der Waals surface area contributed by atoms with Gasteiger partial charge in [-0.05, 0) is 24.3 Å². The smallest absolute Gasteiger partial charge is 0.277 e. The summed E-state index contributed by atoms with van der Waals surface area (Å²) in [7, 11) is 0. The molecule has 1 N–H and O–H groups in total. The molecular formula is C15H11N3O2. The van der Waals surface area contributed by atoms with Gasteiger partial charge in [0.15, 0.2) is 0 Å². The summed E-state index contributed by atoms with van der Waals surface area (Å²) in [5, 5.41) is 12.1. The van der Waals surface area contributed by atoms with Crippen LogP contribution in [0.5, 0.6) is 0 Å². The standard InChI is InChI=1S/C15H11N3O2/c19-18(20)14(11-5-2-1-3-6-11)9-12-10-17-15-13(12)7-4-8-16-15/h1-10H,(H,16,17). The molecule has 0 aliphatic carbocycles. The molecule has 20 heavy (non-hydrogen) atoms. The highest BCUT2D eigenvalue weighted by Crippen LogP contribution is 2.23. The molecular weight excluding hydrogens is 254 g/mol. The first-order chi connectivity index (χ1) is 9.75. The van der Waals surface area contributed by atoms with Gasteiger partial charge in [-0.15, -0.1) is 0 Å². The molecule has 0 bridgehead atoms. The summed E-state index contributed by atoms with van der Waals surface area (Å²) in [6.07, 6.45) is 4.97. The largest absolute Gasteiger partial charge is 0.346 e. The van der Waals surface area contributed by atoms with Crippen molar-refractivity contribution < 1.29 is 4.92 Å². The Morgan fingerprint density at radius 2 is 2.00 bits per heavy atom. The number of benzene rings is 1. The Kier molecular flexibility index (Phi) is 3.01. The van der Waals surface area contributed by atoms with Crippen LogP contribution in [0.1, 0.15) is 11.1 Å². The number of pyridine rings is 1. The van der Waals surface area contributed by atoms with Gasteiger partial charge in [0.1, 0.15) is 5.65 Å². The molecule has 0 spiro atoms. The summed E-state index contributed by atoms with van der Waals surface area (Å²) in [6, 6.07) is 12.5. The average molecular weight is 265 g/mol. The molecule has 0 aliphatic rings. The molecule has 5 nitrogen and oxygen atoms in total. The van der Waals surface area contributed by atoms with Crippen molar-refractivity contribution in [2.45, 2.75) is 0 Å². The molecule has 98 valence electrons. The van der Waals surface area contributed by atoms with E-state index in [9.17, 15) is 10.1 Å². The summed E-state index contributed by atoms with van der Waals surface area (Å²) in [4.78, 5) is 18.1. The predicted molar refractivity (Wildman–Crippen MR) is 77.4 cm³/mol. The molecule has 0 fully saturated rings. The summed E-state index contributed by atoms with van der Waals surface area (Å²) in [5.41, 5.74) is 2.12. The van der Waals surface area contributed by atoms with E-state index in [0.29, 0.717) is 5.56 Å². The Bertz CT molecular complexity index is 791. The SMILES string of the molecule is O=[N+]([O-])C(=Cc1c[nH]c2ncccc12)c1ccccc1. The van der Waals surface area contributed by atoms with Crippen molar-refractivity contribution in [3.05, 3.63) is 76.1 Å². The highest BCUT2D eigenvalue weighted by molar-refractivity contribution is 5.91. The average Bonchev–Trinajstić information content (AvgIpc) is 2.88. The maximum Gasteiger partial charge on any atom is 0.277 e. The van der Waals surface area contributed by atoms with Crippen LogP contribution in [0.3, 0.4) is 0 Å². The molecule has 0 aliphatic heterocycles. The van der Waals surface area contributed by atoms with E-state index in [2.05, 4.69) is 9.97 Å². The van der Waals surface area contributed by atoms with Gasteiger partial charge in [-0.2, -0.15) is 0 Å². The summed E-state index contributed by atoms with van der Waals surface area (Å²) in [5.74, 6) is 0. The maximum absolute atomic E-state index is 11.3. The van der Waals surface area contributed by atoms with Crippen LogP contribution in [-0.4, -0.2) is 14.9 Å². The number of aromatic nitrogens is 2. The topological polar surface area (TPSA) is 71.8 Å². The van der Waals surface area contributed by atoms with Gasteiger partial charge in [0.25, 0.3) is 5.70 Å². The first-order valence-electron chi connectivity index (χ1n) is 6.09. The molecule has 0 unspecified atom stereocenters. The van der Waals surface area contributed by atoms with Crippen LogP contribution in [-0.2, 0) is 0 Å². The number of aromatic amines is 1. The lowest BCUT2D eigenvalue weighted by Gasteiger charge is -1.98. The summed E-state index contributed by atoms with van der Waals surface area (Å²) in [6.45, 7) is 0. The second-order valence-electron chi connectivity index (χ2n) is 4.30. The molecule has 2 aromatic heterocycles. The third-order valence-electron chi connectivity index (χ3n) is 3.04. The van der Waals surface area contributed by atoms with Gasteiger partial charge in [-0.25, -0.2) is 4.98 Å². The normalized spacial score (nSPS) is 11.7. The van der Waals surface area contributed by atoms with Gasteiger partial charge in [-0.1, -0.05) is 18.2 Å². The highest BCUT2D eigenvalue weighted by Gasteiger charge is 2.15. The van der Waals surface area contributed by atoms with Gasteiger partial charge in [0.2, 0.25) is 0 Å². The Morgan fingerprint density at radius 1 is 1.20 bits per heavy atom. The molecule has 1 aromatic carbocycles. The van der Waals surface area contributed by atoms with E-state index in [0.717, 1.165) is 16.6 Å². The molecule has 0 saturated carbocycles. The molecule has 0 saturated heterocycles. The van der Waals surface area contributed by atoms with E-state index in [1.807, 2.05) is 18.2 Å². The van der Waals surface area contributed by atoms with Gasteiger partial charge >= 0.3 is 0 Å². The van der Waals surface area contributed by atoms with Crippen molar-refractivity contribution >= 4 is 22.8 Å². The fourth-order valence-corrected chi connectivity index (χ4v) is 2.09. The molecule has 2 heterocycles. The summed E-state index contributed by atoms with van der Waals surface area (Å²) >= 11 is 0. The summed E-state index contributed by atoms with van der Waals surface area (Å²) < 4.78 is 0. The first kappa shape index (κ1) is 12.1. The number of hydrogen-bond donors (Lipinski definition) is 1. The third kappa shape index (κ3) is 2.16. The van der Waals surface area contributed by atoms with Crippen molar-refractivity contribution in [1.82, 2.24) is 9.97 Å². The number of nitro groups is 1. The molecule has 3 aromatic rings. The Hall–Kier alpha value is -2.95. The van der Waals surface area contributed by atoms with Crippen molar-refractivity contribution in [2.75, 3.05) is 0 Å². The molecule has 0 atom stereocenters. The zero-order valence-corrected chi connectivity index (χ0v) is 10.5. The van der Waals surface area contributed by atoms with Crippen LogP contribution in [0.15, 0.2) is 54.9 Å². The van der Waals surface area contributed by atoms with E-state index in [1.54, 1.807) is 42.7 Å². The van der Waals surface area contributed by atoms with Crippen molar-refractivity contribution in [2.24, 2.45) is 0 Å². The highest BCUT2D eigenvalue weighted by atomic mass is 16.6. The van der Waals surface area contributed by atoms with Gasteiger partial charge in [-0.3, -0.25) is 10.1 Å². The second kappa shape index (κ2) is 4.97. The van der Waals surface area contributed by atoms with Gasteiger partial charge in [0, 0.05) is 29.4 Å². The zero-order valence-electron chi connectivity index (χ0n) is 10.5. The number of nitrogens with zero attached hydrogens (tertiary/aromatic N) is 2. The molecule has 0 amide bonds. The Labute approximate surface area is 114 Å². The minimum Gasteiger partial charge on any atom is -0.346 e. The lowest BCUT2D eigenvalue weighted by Crippen LogP contribution is -1.97. The van der Waals surface area contributed by atoms with E-state index in [4.69, 9.17) is 0 Å². The van der Waals surface area contributed by atoms with Crippen molar-refractivity contribution in [3.63, 3.8) is 0 Å². The Balaban J connectivity index is 2.15. The molecule has 3 rings (SSSR count). The second-order valence-corrected chi connectivity index (χ2v) is 4.30. The number of hydrogen-bond acceptors (Lipinski definition) is 3. The third-order valence-corrected chi connectivity index (χ3v) is 3.04. The van der Waals surface area contributed by atoms with Crippen LogP contribution in [0.2, 0.25) is 0 Å². The molecule has 5 heteroatoms. The minimum absolute atomic E-state index is 0.0651. The lowest BCUT2D eigenvalue weighted by atomic mass is 10.1. The van der Waals surface area contributed by atoms with Gasteiger partial charge in [0.05, 0.1) is 10.5 Å². The van der Waals surface area contributed by atoms with Crippen LogP contribution in [0, 0.1) is 10.1 Å². The van der Waals surface area contributed by atoms with Crippen LogP contribution in [0.25, 0.3) is 22.8 Å². The van der Waals surface area contributed by atoms with Crippen molar-refractivity contribution in [3.8, 4) is 0 Å². The van der Waals surface area contributed by atoms with Crippen LogP contribution < -0.4 is 0 Å². The molecule has 0 radical (unpaired) electrons. The minimum atomic E-state index is -0.371. The number of rotatable bonds is 3. The number of nitrogens with one attached hydrogen (secondary N) is 1. The van der Waals surface area contributed by atoms with E-state index < -0.39 is 0 Å². The lowest BCUT2D eigenvalue weighted by molar-refractivity contribution is -0.374. The van der Waals surface area contributed by atoms with Crippen molar-refractivity contribution in [1.29, 1.82) is 0 Å². The fourth-order valence-electron chi connectivity index (χ4n) is 2.09. The fraction of sp³-hybridized carbons (Fsp3) is 0. The van der Waals surface area contributed by atoms with E-state index >= 15 is 0 Å². The maximum atomic E-state index is 11.3. The van der Waals surface area contributed by atoms with E-state index in [-0.39, 0.29) is 10.6 Å². The first-order valence-corrected chi connectivity index (χ1v) is 6.09. The zero-order chi connectivity index (χ0) is 13.9. The van der Waals surface area contributed by atoms with Crippen LogP contribution in [0.4, 0.5) is 0 Å². The van der Waals surface area contributed by atoms with E-state index in [1.165, 1.54) is 0 Å². The number of H-pyrrole nitrogens is 1. The van der Waals surface area contributed by atoms with Crippen LogP contribution >= 0.6 is 0 Å². The Morgan fingerprint density at radius 3 is 2.75 bits per heavy atom. The predicted octanol–water partition coefficient (Wildman–Crippen LogP) is 3.34. The van der Waals surface area contributed by atoms with Gasteiger partial charge < -0.3 is 4.98 Å². The quantitative estimate of drug-likeness (QED) is 0.583.